The zero-order chi connectivity index (χ0) is 19.9. The quantitative estimate of drug-likeness (QED) is 0.489. The molecule has 0 fully saturated rings. The van der Waals surface area contributed by atoms with Crippen molar-refractivity contribution in [2.45, 2.75) is 46.3 Å². The van der Waals surface area contributed by atoms with E-state index in [0.717, 1.165) is 5.56 Å². The molecule has 26 heavy (non-hydrogen) atoms. The number of nitriles is 1. The maximum Gasteiger partial charge on any atom is 0.349 e. The Morgan fingerprint density at radius 3 is 2.27 bits per heavy atom. The highest BCUT2D eigenvalue weighted by Crippen LogP contribution is 2.10. The molecule has 1 atom stereocenters. The first kappa shape index (κ1) is 20.9. The van der Waals surface area contributed by atoms with Gasteiger partial charge >= 0.3 is 12.0 Å². The van der Waals surface area contributed by atoms with Crippen LogP contribution in [-0.4, -0.2) is 29.6 Å². The fraction of sp³-hybridized carbons (Fsp3) is 0.368. The topological polar surface area (TPSA) is 108 Å². The van der Waals surface area contributed by atoms with Crippen LogP contribution in [0.5, 0.6) is 0 Å². The Kier molecular flexibility index (Phi) is 7.08. The van der Waals surface area contributed by atoms with Crippen molar-refractivity contribution in [2.24, 2.45) is 0 Å². The number of esters is 1. The summed E-state index contributed by atoms with van der Waals surface area (Å²) in [6.07, 6.45) is 0.140. The van der Waals surface area contributed by atoms with Crippen LogP contribution >= 0.6 is 0 Å². The molecule has 0 saturated carbocycles. The van der Waals surface area contributed by atoms with E-state index in [0.29, 0.717) is 5.56 Å². The van der Waals surface area contributed by atoms with Gasteiger partial charge in [0.05, 0.1) is 0 Å². The summed E-state index contributed by atoms with van der Waals surface area (Å²) in [4.78, 5) is 35.7. The van der Waals surface area contributed by atoms with Crippen molar-refractivity contribution in [1.29, 1.82) is 5.26 Å². The van der Waals surface area contributed by atoms with Crippen molar-refractivity contribution in [2.75, 3.05) is 0 Å². The maximum absolute atomic E-state index is 12.1. The van der Waals surface area contributed by atoms with E-state index in [4.69, 9.17) is 10.00 Å². The fourth-order valence-electron chi connectivity index (χ4n) is 1.83. The Morgan fingerprint density at radius 1 is 1.19 bits per heavy atom. The molecule has 138 valence electrons. The van der Waals surface area contributed by atoms with E-state index in [-0.39, 0.29) is 5.57 Å². The standard InChI is InChI=1S/C19H23N3O4/c1-12-6-8-14(9-7-12)10-15(11-20)17(24)26-13(2)16(23)21-18(25)22-19(3,4)5/h6-10,13H,1-5H3,(H2,21,22,23,25)/b15-10+/t13-/m0/s1. The highest BCUT2D eigenvalue weighted by molar-refractivity contribution is 6.01. The lowest BCUT2D eigenvalue weighted by Crippen LogP contribution is -2.50. The van der Waals surface area contributed by atoms with E-state index in [1.54, 1.807) is 39.0 Å². The number of ether oxygens (including phenoxy) is 1. The molecule has 0 aliphatic carbocycles. The molecule has 0 unspecified atom stereocenters. The Hall–Kier alpha value is -3.14. The highest BCUT2D eigenvalue weighted by Gasteiger charge is 2.23. The molecule has 0 bridgehead atoms. The molecular formula is C19H23N3O4. The van der Waals surface area contributed by atoms with Crippen LogP contribution in [0, 0.1) is 18.3 Å². The third kappa shape index (κ3) is 7.18. The van der Waals surface area contributed by atoms with Gasteiger partial charge in [-0.15, -0.1) is 0 Å². The van der Waals surface area contributed by atoms with Gasteiger partial charge in [0.2, 0.25) is 0 Å². The number of amides is 3. The minimum Gasteiger partial charge on any atom is -0.448 e. The van der Waals surface area contributed by atoms with Crippen LogP contribution in [0.1, 0.15) is 38.8 Å². The van der Waals surface area contributed by atoms with Gasteiger partial charge in [0.1, 0.15) is 11.6 Å². The number of hydrogen-bond donors (Lipinski definition) is 2. The van der Waals surface area contributed by atoms with Gasteiger partial charge in [-0.2, -0.15) is 5.26 Å². The largest absolute Gasteiger partial charge is 0.448 e. The van der Waals surface area contributed by atoms with Gasteiger partial charge in [0.25, 0.3) is 5.91 Å². The van der Waals surface area contributed by atoms with Crippen molar-refractivity contribution in [3.05, 3.63) is 41.0 Å². The zero-order valence-corrected chi connectivity index (χ0v) is 15.5. The van der Waals surface area contributed by atoms with Gasteiger partial charge in [-0.3, -0.25) is 10.1 Å². The molecule has 1 rings (SSSR count). The number of hydrogen-bond acceptors (Lipinski definition) is 5. The average molecular weight is 357 g/mol. The summed E-state index contributed by atoms with van der Waals surface area (Å²) >= 11 is 0. The van der Waals surface area contributed by atoms with E-state index in [2.05, 4.69) is 10.6 Å². The summed E-state index contributed by atoms with van der Waals surface area (Å²) in [6, 6.07) is 8.26. The van der Waals surface area contributed by atoms with Crippen LogP contribution in [0.15, 0.2) is 29.8 Å². The van der Waals surface area contributed by atoms with Crippen molar-refractivity contribution < 1.29 is 19.1 Å². The number of carbonyl (C=O) groups excluding carboxylic acids is 3. The number of imide groups is 1. The van der Waals surface area contributed by atoms with E-state index in [1.807, 2.05) is 19.1 Å². The van der Waals surface area contributed by atoms with Gasteiger partial charge in [0, 0.05) is 5.54 Å². The van der Waals surface area contributed by atoms with E-state index in [9.17, 15) is 14.4 Å². The smallest absolute Gasteiger partial charge is 0.349 e. The normalized spacial score (nSPS) is 12.5. The van der Waals surface area contributed by atoms with E-state index >= 15 is 0 Å². The number of carbonyl (C=O) groups is 3. The number of aryl methyl sites for hydroxylation is 1. The molecule has 0 heterocycles. The summed E-state index contributed by atoms with van der Waals surface area (Å²) in [7, 11) is 0. The number of nitrogens with one attached hydrogen (secondary N) is 2. The molecule has 1 aromatic carbocycles. The number of nitrogens with zero attached hydrogens (tertiary/aromatic N) is 1. The van der Waals surface area contributed by atoms with Crippen LogP contribution in [0.2, 0.25) is 0 Å². The zero-order valence-electron chi connectivity index (χ0n) is 15.5. The van der Waals surface area contributed by atoms with Crippen LogP contribution in [0.25, 0.3) is 6.08 Å². The molecule has 0 aliphatic rings. The van der Waals surface area contributed by atoms with Gasteiger partial charge in [-0.1, -0.05) is 29.8 Å². The van der Waals surface area contributed by atoms with Crippen LogP contribution in [0.3, 0.4) is 0 Å². The van der Waals surface area contributed by atoms with Gasteiger partial charge in [-0.05, 0) is 46.3 Å². The van der Waals surface area contributed by atoms with E-state index in [1.165, 1.54) is 13.0 Å². The molecule has 2 N–H and O–H groups in total. The van der Waals surface area contributed by atoms with Crippen molar-refractivity contribution in [1.82, 2.24) is 10.6 Å². The van der Waals surface area contributed by atoms with Crippen molar-refractivity contribution in [3.63, 3.8) is 0 Å². The van der Waals surface area contributed by atoms with Crippen molar-refractivity contribution >= 4 is 24.0 Å². The molecule has 0 radical (unpaired) electrons. The van der Waals surface area contributed by atoms with Gasteiger partial charge < -0.3 is 10.1 Å². The molecule has 0 aliphatic heterocycles. The first-order valence-electron chi connectivity index (χ1n) is 8.04. The fourth-order valence-corrected chi connectivity index (χ4v) is 1.83. The van der Waals surface area contributed by atoms with Crippen LogP contribution in [0.4, 0.5) is 4.79 Å². The van der Waals surface area contributed by atoms with Gasteiger partial charge in [-0.25, -0.2) is 9.59 Å². The van der Waals surface area contributed by atoms with Crippen LogP contribution in [-0.2, 0) is 14.3 Å². The monoisotopic (exact) mass is 357 g/mol. The van der Waals surface area contributed by atoms with E-state index < -0.39 is 29.6 Å². The first-order chi connectivity index (χ1) is 12.0. The Balaban J connectivity index is 2.72. The summed E-state index contributed by atoms with van der Waals surface area (Å²) in [5.74, 6) is -1.72. The number of urea groups is 1. The Labute approximate surface area is 153 Å². The highest BCUT2D eigenvalue weighted by atomic mass is 16.5. The summed E-state index contributed by atoms with van der Waals surface area (Å²) < 4.78 is 4.97. The minimum atomic E-state index is -1.23. The summed E-state index contributed by atoms with van der Waals surface area (Å²) in [5.41, 5.74) is 0.940. The number of rotatable bonds is 4. The lowest BCUT2D eigenvalue weighted by Gasteiger charge is -2.21. The summed E-state index contributed by atoms with van der Waals surface area (Å²) in [6.45, 7) is 8.52. The molecule has 0 spiro atoms. The predicted octanol–water partition coefficient (Wildman–Crippen LogP) is 2.46. The predicted molar refractivity (Wildman–Crippen MR) is 96.8 cm³/mol. The Morgan fingerprint density at radius 2 is 1.77 bits per heavy atom. The molecule has 0 saturated heterocycles. The lowest BCUT2D eigenvalue weighted by molar-refractivity contribution is -0.150. The third-order valence-electron chi connectivity index (χ3n) is 3.11. The summed E-state index contributed by atoms with van der Waals surface area (Å²) in [5, 5.41) is 13.8. The average Bonchev–Trinajstić information content (AvgIpc) is 2.52. The van der Waals surface area contributed by atoms with Crippen LogP contribution < -0.4 is 10.6 Å². The Bertz CT molecular complexity index is 752. The molecule has 3 amide bonds. The number of benzene rings is 1. The molecule has 7 nitrogen and oxygen atoms in total. The lowest BCUT2D eigenvalue weighted by atomic mass is 10.1. The third-order valence-corrected chi connectivity index (χ3v) is 3.11. The second kappa shape index (κ2) is 8.81. The first-order valence-corrected chi connectivity index (χ1v) is 8.04. The molecular weight excluding hydrogens is 334 g/mol. The maximum atomic E-state index is 12.1. The second-order valence-electron chi connectivity index (χ2n) is 6.82. The van der Waals surface area contributed by atoms with Gasteiger partial charge in [0.15, 0.2) is 6.10 Å². The SMILES string of the molecule is Cc1ccc(/C=C(\C#N)C(=O)O[C@@H](C)C(=O)NC(=O)NC(C)(C)C)cc1. The molecule has 1 aromatic rings. The molecule has 0 aromatic heterocycles. The van der Waals surface area contributed by atoms with Crippen molar-refractivity contribution in [3.8, 4) is 6.07 Å². The minimum absolute atomic E-state index is 0.243. The molecule has 7 heteroatoms. The second-order valence-corrected chi connectivity index (χ2v) is 6.82.